The SMILES string of the molecule is CC.CC.COOCCc1ccc(C)cc1C.COOCCc1ccc(O)cc1C.COOCCc1ccc(OCCc2nc(-c3ccc(C)cc3)oc2C)cc1C.Cc1ccc(C(=O)Cl)c(C)c1.Cc1ccc(CCOO)c(C)c1.Cc1ccc(COO)c(C)c1. The topological polar surface area (TPSA) is 187 Å². The number of ether oxygens (including phenoxy) is 1. The van der Waals surface area contributed by atoms with Crippen LogP contribution in [0.25, 0.3) is 11.5 Å². The minimum atomic E-state index is -0.387. The fraction of sp³-hybridized carbons (Fsp3) is 0.395. The number of hydrogen-bond donors (Lipinski definition) is 3. The van der Waals surface area contributed by atoms with Gasteiger partial charge in [0.1, 0.15) is 23.9 Å². The molecule has 0 aliphatic heterocycles. The zero-order chi connectivity index (χ0) is 69.0. The third kappa shape index (κ3) is 33.5. The molecule has 504 valence electrons. The number of oxazole rings is 1. The van der Waals surface area contributed by atoms with Gasteiger partial charge in [0.25, 0.3) is 5.24 Å². The van der Waals surface area contributed by atoms with E-state index in [2.05, 4.69) is 138 Å². The smallest absolute Gasteiger partial charge is 0.252 e. The molecule has 3 N–H and O–H groups in total. The largest absolute Gasteiger partial charge is 0.508 e. The van der Waals surface area contributed by atoms with Gasteiger partial charge in [-0.15, -0.1) is 0 Å². The highest BCUT2D eigenvalue weighted by Gasteiger charge is 2.12. The molecule has 0 unspecified atom stereocenters. The zero-order valence-electron chi connectivity index (χ0n) is 58.1. The summed E-state index contributed by atoms with van der Waals surface area (Å²) < 4.78 is 11.8. The Hall–Kier alpha value is -7.09. The number of aryl methyl sites for hydroxylation is 12. The monoisotopic (exact) mass is 1290 g/mol. The van der Waals surface area contributed by atoms with Crippen molar-refractivity contribution >= 4 is 16.8 Å². The zero-order valence-corrected chi connectivity index (χ0v) is 58.9. The molecule has 0 aliphatic rings. The molecular formula is C76H104ClNO14. The summed E-state index contributed by atoms with van der Waals surface area (Å²) >= 11 is 5.32. The number of nitrogens with zero attached hydrogens (tertiary/aromatic N) is 1. The quantitative estimate of drug-likeness (QED) is 0.0237. The van der Waals surface area contributed by atoms with Gasteiger partial charge in [-0.2, -0.15) is 0 Å². The van der Waals surface area contributed by atoms with Crippen LogP contribution >= 0.6 is 11.6 Å². The van der Waals surface area contributed by atoms with Crippen molar-refractivity contribution < 1.29 is 68.7 Å². The molecule has 0 aliphatic carbocycles. The molecule has 8 aromatic rings. The van der Waals surface area contributed by atoms with Crippen LogP contribution in [0.5, 0.6) is 11.5 Å². The van der Waals surface area contributed by atoms with Gasteiger partial charge in [-0.25, -0.2) is 44.1 Å². The highest BCUT2D eigenvalue weighted by atomic mass is 35.5. The molecule has 15 nitrogen and oxygen atoms in total. The number of phenolic OH excluding ortho intramolecular Hbond substituents is 1. The lowest BCUT2D eigenvalue weighted by atomic mass is 10.0. The van der Waals surface area contributed by atoms with Crippen LogP contribution in [-0.4, -0.2) is 80.2 Å². The number of rotatable bonds is 23. The minimum Gasteiger partial charge on any atom is -0.508 e. The van der Waals surface area contributed by atoms with E-state index in [1.807, 2.05) is 118 Å². The fourth-order valence-corrected chi connectivity index (χ4v) is 9.18. The van der Waals surface area contributed by atoms with E-state index in [1.54, 1.807) is 18.2 Å². The number of benzene rings is 7. The average molecular weight is 1290 g/mol. The van der Waals surface area contributed by atoms with Crippen LogP contribution in [0.2, 0.25) is 0 Å². The van der Waals surface area contributed by atoms with Crippen molar-refractivity contribution in [2.75, 3.05) is 54.4 Å². The summed E-state index contributed by atoms with van der Waals surface area (Å²) in [7, 11) is 4.54. The van der Waals surface area contributed by atoms with E-state index in [0.717, 1.165) is 81.8 Å². The van der Waals surface area contributed by atoms with Gasteiger partial charge in [-0.05, 0) is 224 Å². The van der Waals surface area contributed by atoms with E-state index in [1.165, 1.54) is 77.0 Å². The summed E-state index contributed by atoms with van der Waals surface area (Å²) in [4.78, 5) is 51.6. The lowest BCUT2D eigenvalue weighted by Crippen LogP contribution is -2.04. The van der Waals surface area contributed by atoms with Crippen LogP contribution in [0.1, 0.15) is 139 Å². The molecule has 7 aromatic carbocycles. The molecular weight excluding hydrogens is 1190 g/mol. The van der Waals surface area contributed by atoms with Crippen molar-refractivity contribution in [2.45, 2.75) is 149 Å². The normalized spacial score (nSPS) is 10.1. The van der Waals surface area contributed by atoms with E-state index in [4.69, 9.17) is 51.0 Å². The third-order valence-electron chi connectivity index (χ3n) is 13.9. The Balaban J connectivity index is 0.000000571. The van der Waals surface area contributed by atoms with Gasteiger partial charge in [0.15, 0.2) is 0 Å². The molecule has 0 bridgehead atoms. The van der Waals surface area contributed by atoms with E-state index in [0.29, 0.717) is 56.7 Å². The number of phenols is 1. The van der Waals surface area contributed by atoms with E-state index < -0.39 is 0 Å². The molecule has 0 saturated carbocycles. The van der Waals surface area contributed by atoms with E-state index in [-0.39, 0.29) is 11.8 Å². The number of halogens is 1. The maximum atomic E-state index is 10.7. The Morgan fingerprint density at radius 2 is 0.826 bits per heavy atom. The van der Waals surface area contributed by atoms with Crippen LogP contribution in [-0.2, 0) is 77.8 Å². The van der Waals surface area contributed by atoms with Crippen molar-refractivity contribution in [1.29, 1.82) is 0 Å². The second-order valence-electron chi connectivity index (χ2n) is 21.1. The van der Waals surface area contributed by atoms with Crippen molar-refractivity contribution in [3.8, 4) is 23.0 Å². The van der Waals surface area contributed by atoms with Gasteiger partial charge in [-0.3, -0.25) is 15.3 Å². The average Bonchev–Trinajstić information content (AvgIpc) is 2.70. The molecule has 0 radical (unpaired) electrons. The first-order valence-corrected chi connectivity index (χ1v) is 31.5. The number of hydrogen-bond acceptors (Lipinski definition) is 15. The highest BCUT2D eigenvalue weighted by Crippen LogP contribution is 2.24. The first kappa shape index (κ1) is 82.9. The van der Waals surface area contributed by atoms with Gasteiger partial charge in [0, 0.05) is 17.5 Å². The van der Waals surface area contributed by atoms with E-state index in [9.17, 15) is 4.79 Å². The summed E-state index contributed by atoms with van der Waals surface area (Å²) in [5.41, 5.74) is 21.5. The Bertz CT molecular complexity index is 3250. The summed E-state index contributed by atoms with van der Waals surface area (Å²) in [6.45, 7) is 35.2. The standard InChI is InChI=1S/C23H27NO4.C11H16O2.C10H14O3.C10H14O2.C9H9ClO.C9H12O2.2C2H6/c1-16-5-7-20(8-6-16)23-24-22(18(3)28-23)12-13-26-21-10-9-19(17(2)15-21)11-14-27-25-4;1-9-4-5-11(10(2)8-9)6-7-13-12-3;1-8-7-10(11)4-3-9(8)5-6-13-12-2;1-8-3-4-10(5-6-12-11)9(2)7-8;1-6-3-4-8(9(10)11)7(2)5-6;1-7-3-4-9(6-11-10)8(2)5-7;2*1-2/h5-10,15H,11-14H2,1-4H3;4-5,8H,6-7H2,1-3H3;3-4,7,11H,5-6H2,1-2H3;3-4,7,11H,5-6H2,1-2H3;3-5H,1-2H3;3-5,10H,6H2,1-2H3;2*1-2H3. The lowest BCUT2D eigenvalue weighted by molar-refractivity contribution is -0.271. The first-order valence-electron chi connectivity index (χ1n) is 31.1. The Morgan fingerprint density at radius 1 is 0.435 bits per heavy atom. The predicted molar refractivity (Wildman–Crippen MR) is 371 cm³/mol. The Labute approximate surface area is 554 Å². The molecule has 16 heteroatoms. The minimum absolute atomic E-state index is 0.270. The van der Waals surface area contributed by atoms with Gasteiger partial charge in [-0.1, -0.05) is 147 Å². The second-order valence-corrected chi connectivity index (χ2v) is 21.5. The van der Waals surface area contributed by atoms with Crippen LogP contribution in [0.3, 0.4) is 0 Å². The maximum Gasteiger partial charge on any atom is 0.252 e. The molecule has 92 heavy (non-hydrogen) atoms. The molecule has 0 saturated heterocycles. The molecule has 0 fully saturated rings. The first-order chi connectivity index (χ1) is 44.1. The maximum absolute atomic E-state index is 10.7. The molecule has 0 spiro atoms. The van der Waals surface area contributed by atoms with Crippen LogP contribution < -0.4 is 4.74 Å². The molecule has 1 heterocycles. The highest BCUT2D eigenvalue weighted by molar-refractivity contribution is 6.67. The van der Waals surface area contributed by atoms with Crippen LogP contribution in [0.4, 0.5) is 0 Å². The molecule has 0 amide bonds. The van der Waals surface area contributed by atoms with Crippen LogP contribution in [0, 0.1) is 83.1 Å². The fourth-order valence-electron chi connectivity index (χ4n) is 8.97. The molecule has 0 atom stereocenters. The van der Waals surface area contributed by atoms with Crippen molar-refractivity contribution in [3.63, 3.8) is 0 Å². The van der Waals surface area contributed by atoms with Gasteiger partial charge in [0.2, 0.25) is 5.89 Å². The van der Waals surface area contributed by atoms with Gasteiger partial charge >= 0.3 is 0 Å². The molecule has 1 aromatic heterocycles. The van der Waals surface area contributed by atoms with Crippen molar-refractivity contribution in [2.24, 2.45) is 0 Å². The number of carbonyl (C=O) groups excluding carboxylic acids is 1. The number of aromatic hydroxyl groups is 1. The van der Waals surface area contributed by atoms with Gasteiger partial charge < -0.3 is 14.3 Å². The van der Waals surface area contributed by atoms with Gasteiger partial charge in [0.05, 0.1) is 60.1 Å². The van der Waals surface area contributed by atoms with E-state index >= 15 is 0 Å². The van der Waals surface area contributed by atoms with Crippen LogP contribution in [0.15, 0.2) is 138 Å². The second kappa shape index (κ2) is 48.6. The van der Waals surface area contributed by atoms with Crippen molar-refractivity contribution in [1.82, 2.24) is 4.98 Å². The van der Waals surface area contributed by atoms with Crippen molar-refractivity contribution in [3.05, 3.63) is 239 Å². The number of aromatic nitrogens is 1. The Kier molecular flexibility index (Phi) is 43.8. The molecule has 8 rings (SSSR count). The third-order valence-corrected chi connectivity index (χ3v) is 14.1. The number of carbonyl (C=O) groups is 1. The summed E-state index contributed by atoms with van der Waals surface area (Å²) in [6, 6.07) is 43.9. The predicted octanol–water partition coefficient (Wildman–Crippen LogP) is 18.6. The summed E-state index contributed by atoms with van der Waals surface area (Å²) in [5.74, 6) is 2.65. The summed E-state index contributed by atoms with van der Waals surface area (Å²) in [6.07, 6.45) is 3.96. The Morgan fingerprint density at radius 3 is 1.23 bits per heavy atom. The lowest BCUT2D eigenvalue weighted by Gasteiger charge is -2.10. The summed E-state index contributed by atoms with van der Waals surface area (Å²) in [5, 5.41) is 25.2.